The van der Waals surface area contributed by atoms with Gasteiger partial charge in [-0.1, -0.05) is 40.5 Å². The third kappa shape index (κ3) is 5.69. The minimum atomic E-state index is -1.90. The standard InChI is InChI=1S/C37H45N5O7/c1-6-8-10-22(32(38)43)29(18(3)4)34(45)39-19(5)33(44)41-26-13-14-27-30-20(11-9-12-21(26)30)23-16-42-28(31(23)40-27)15-25-24(35(42)46)17-49-36(47)37(25,48)7-2/h13-15,18-19,22,29,48H,6-12,16-17H2,1-5H3,(H2,38,43)(H,39,45)(H,41,44)/t19-,22?,29-,37-/m0/s1. The van der Waals surface area contributed by atoms with Gasteiger partial charge in [-0.05, 0) is 74.3 Å². The number of aromatic nitrogens is 2. The fourth-order valence-electron chi connectivity index (χ4n) is 7.92. The van der Waals surface area contributed by atoms with Gasteiger partial charge in [-0.3, -0.25) is 19.2 Å². The molecule has 12 heteroatoms. The number of esters is 1. The first kappa shape index (κ1) is 34.3. The molecular formula is C37H45N5O7. The zero-order chi connectivity index (χ0) is 35.4. The van der Waals surface area contributed by atoms with Crippen LogP contribution in [-0.2, 0) is 55.5 Å². The monoisotopic (exact) mass is 671 g/mol. The predicted molar refractivity (Wildman–Crippen MR) is 183 cm³/mol. The Labute approximate surface area is 284 Å². The van der Waals surface area contributed by atoms with E-state index in [1.807, 2.05) is 32.9 Å². The third-order valence-electron chi connectivity index (χ3n) is 10.6. The minimum absolute atomic E-state index is 0.0658. The van der Waals surface area contributed by atoms with Crippen LogP contribution in [0.1, 0.15) is 94.5 Å². The van der Waals surface area contributed by atoms with Gasteiger partial charge in [0.25, 0.3) is 5.56 Å². The minimum Gasteiger partial charge on any atom is -0.458 e. The molecule has 4 atom stereocenters. The maximum absolute atomic E-state index is 13.7. The molecule has 0 fully saturated rings. The predicted octanol–water partition coefficient (Wildman–Crippen LogP) is 3.58. The molecule has 1 aliphatic carbocycles. The Kier molecular flexibility index (Phi) is 9.12. The number of carbonyl (C=O) groups is 4. The number of benzene rings is 1. The summed E-state index contributed by atoms with van der Waals surface area (Å²) in [5.41, 5.74) is 9.51. The largest absolute Gasteiger partial charge is 0.458 e. The molecule has 0 saturated carbocycles. The second kappa shape index (κ2) is 13.0. The van der Waals surface area contributed by atoms with Crippen molar-refractivity contribution >= 4 is 40.3 Å². The molecule has 0 bridgehead atoms. The molecule has 0 saturated heterocycles. The molecule has 1 unspecified atom stereocenters. The highest BCUT2D eigenvalue weighted by Gasteiger charge is 2.45. The Morgan fingerprint density at radius 2 is 1.80 bits per heavy atom. The molecule has 49 heavy (non-hydrogen) atoms. The van der Waals surface area contributed by atoms with Gasteiger partial charge in [-0.15, -0.1) is 0 Å². The van der Waals surface area contributed by atoms with Crippen molar-refractivity contribution in [3.63, 3.8) is 0 Å². The third-order valence-corrected chi connectivity index (χ3v) is 10.6. The van der Waals surface area contributed by atoms with E-state index in [9.17, 15) is 29.1 Å². The van der Waals surface area contributed by atoms with Gasteiger partial charge in [0, 0.05) is 28.1 Å². The van der Waals surface area contributed by atoms with Crippen molar-refractivity contribution in [1.29, 1.82) is 0 Å². The molecule has 260 valence electrons. The van der Waals surface area contributed by atoms with Crippen molar-refractivity contribution in [2.24, 2.45) is 23.5 Å². The van der Waals surface area contributed by atoms with E-state index in [1.54, 1.807) is 24.5 Å². The topological polar surface area (TPSA) is 183 Å². The molecule has 1 aromatic carbocycles. The van der Waals surface area contributed by atoms with Gasteiger partial charge < -0.3 is 30.8 Å². The van der Waals surface area contributed by atoms with Crippen LogP contribution < -0.4 is 21.9 Å². The van der Waals surface area contributed by atoms with Crippen LogP contribution in [0.15, 0.2) is 23.0 Å². The Hall–Kier alpha value is -4.58. The number of aliphatic hydroxyl groups is 1. The van der Waals surface area contributed by atoms with Gasteiger partial charge in [0.05, 0.1) is 34.9 Å². The van der Waals surface area contributed by atoms with E-state index >= 15 is 0 Å². The number of hydrogen-bond donors (Lipinski definition) is 4. The number of amides is 3. The van der Waals surface area contributed by atoms with Crippen molar-refractivity contribution < 1.29 is 29.0 Å². The highest BCUT2D eigenvalue weighted by Crippen LogP contribution is 2.43. The lowest BCUT2D eigenvalue weighted by atomic mass is 9.79. The first-order valence-electron chi connectivity index (χ1n) is 17.4. The van der Waals surface area contributed by atoms with Crippen LogP contribution in [0.3, 0.4) is 0 Å². The maximum atomic E-state index is 13.7. The number of cyclic esters (lactones) is 1. The number of nitrogens with two attached hydrogens (primary N) is 1. The van der Waals surface area contributed by atoms with Crippen molar-refractivity contribution in [2.45, 2.75) is 104 Å². The van der Waals surface area contributed by atoms with Crippen LogP contribution in [-0.4, -0.2) is 44.4 Å². The van der Waals surface area contributed by atoms with Gasteiger partial charge in [-0.2, -0.15) is 0 Å². The molecule has 0 spiro atoms. The average Bonchev–Trinajstić information content (AvgIpc) is 3.44. The van der Waals surface area contributed by atoms with E-state index in [4.69, 9.17) is 15.5 Å². The van der Waals surface area contributed by atoms with Gasteiger partial charge in [0.2, 0.25) is 17.7 Å². The first-order valence-corrected chi connectivity index (χ1v) is 17.4. The number of anilines is 1. The summed E-state index contributed by atoms with van der Waals surface area (Å²) in [7, 11) is 0. The Bertz CT molecular complexity index is 1950. The molecule has 3 aromatic rings. The molecule has 3 aliphatic rings. The molecule has 4 heterocycles. The van der Waals surface area contributed by atoms with Crippen molar-refractivity contribution in [3.05, 3.63) is 56.4 Å². The number of primary amides is 1. The quantitative estimate of drug-likeness (QED) is 0.175. The molecule has 12 nitrogen and oxygen atoms in total. The summed E-state index contributed by atoms with van der Waals surface area (Å²) in [4.78, 5) is 70.5. The lowest BCUT2D eigenvalue weighted by Crippen LogP contribution is -2.49. The van der Waals surface area contributed by atoms with Crippen LogP contribution in [0, 0.1) is 17.8 Å². The van der Waals surface area contributed by atoms with E-state index in [-0.39, 0.29) is 47.4 Å². The normalized spacial score (nSPS) is 19.4. The van der Waals surface area contributed by atoms with Crippen LogP contribution >= 0.6 is 0 Å². The summed E-state index contributed by atoms with van der Waals surface area (Å²) in [6.07, 6.45) is 4.51. The van der Waals surface area contributed by atoms with E-state index < -0.39 is 35.4 Å². The number of nitrogens with one attached hydrogen (secondary N) is 2. The summed E-state index contributed by atoms with van der Waals surface area (Å²) >= 11 is 0. The van der Waals surface area contributed by atoms with Gasteiger partial charge in [-0.25, -0.2) is 9.78 Å². The molecular weight excluding hydrogens is 626 g/mol. The summed E-state index contributed by atoms with van der Waals surface area (Å²) in [5, 5.41) is 18.0. The van der Waals surface area contributed by atoms with Crippen LogP contribution in [0.25, 0.3) is 22.3 Å². The summed E-state index contributed by atoms with van der Waals surface area (Å²) in [5.74, 6) is -3.45. The Morgan fingerprint density at radius 1 is 1.06 bits per heavy atom. The van der Waals surface area contributed by atoms with E-state index in [0.29, 0.717) is 36.5 Å². The first-order chi connectivity index (χ1) is 23.3. The molecule has 2 aliphatic heterocycles. The Balaban J connectivity index is 1.30. The van der Waals surface area contributed by atoms with Crippen LogP contribution in [0.5, 0.6) is 0 Å². The molecule has 6 rings (SSSR count). The number of hydrogen-bond acceptors (Lipinski definition) is 8. The van der Waals surface area contributed by atoms with Crippen molar-refractivity contribution in [2.75, 3.05) is 5.32 Å². The number of nitrogens with zero attached hydrogens (tertiary/aromatic N) is 2. The molecule has 5 N–H and O–H groups in total. The smallest absolute Gasteiger partial charge is 0.343 e. The Morgan fingerprint density at radius 3 is 2.47 bits per heavy atom. The van der Waals surface area contributed by atoms with Gasteiger partial charge in [0.15, 0.2) is 5.60 Å². The molecule has 2 aromatic heterocycles. The van der Waals surface area contributed by atoms with E-state index in [0.717, 1.165) is 53.3 Å². The zero-order valence-electron chi connectivity index (χ0n) is 28.8. The zero-order valence-corrected chi connectivity index (χ0v) is 28.8. The number of carbonyl (C=O) groups excluding carboxylic acids is 4. The number of unbranched alkanes of at least 4 members (excludes halogenated alkanes) is 1. The summed E-state index contributed by atoms with van der Waals surface area (Å²) in [6.45, 7) is 9.17. The lowest BCUT2D eigenvalue weighted by molar-refractivity contribution is -0.172. The summed E-state index contributed by atoms with van der Waals surface area (Å²) in [6, 6.07) is 4.49. The van der Waals surface area contributed by atoms with E-state index in [2.05, 4.69) is 10.6 Å². The number of pyridine rings is 2. The summed E-state index contributed by atoms with van der Waals surface area (Å²) < 4.78 is 6.84. The second-order valence-electron chi connectivity index (χ2n) is 14.0. The highest BCUT2D eigenvalue weighted by atomic mass is 16.6. The number of rotatable bonds is 11. The average molecular weight is 672 g/mol. The number of ether oxygens (including phenoxy) is 1. The highest BCUT2D eigenvalue weighted by molar-refractivity contribution is 6.02. The van der Waals surface area contributed by atoms with Crippen LogP contribution in [0.2, 0.25) is 0 Å². The fraction of sp³-hybridized carbons (Fsp3) is 0.514. The maximum Gasteiger partial charge on any atom is 0.343 e. The van der Waals surface area contributed by atoms with Gasteiger partial charge >= 0.3 is 5.97 Å². The fourth-order valence-corrected chi connectivity index (χ4v) is 7.92. The van der Waals surface area contributed by atoms with Gasteiger partial charge in [0.1, 0.15) is 12.6 Å². The number of aryl methyl sites for hydroxylation is 2. The lowest BCUT2D eigenvalue weighted by Gasteiger charge is -2.31. The molecule has 0 radical (unpaired) electrons. The van der Waals surface area contributed by atoms with Crippen molar-refractivity contribution in [3.8, 4) is 11.4 Å². The second-order valence-corrected chi connectivity index (χ2v) is 14.0. The van der Waals surface area contributed by atoms with Crippen molar-refractivity contribution in [1.82, 2.24) is 14.9 Å². The number of fused-ring (bicyclic) bond motifs is 5. The molecule has 3 amide bonds. The van der Waals surface area contributed by atoms with E-state index in [1.165, 1.54) is 0 Å². The SMILES string of the molecule is CCCCC(C(N)=O)[C@@H](C(=O)N[C@@H](C)C(=O)Nc1ccc2nc3c(c4c2c1CCC4)Cn1c-3cc2c(c1=O)COC(=O)[C@]2(O)CC)C(C)C. The van der Waals surface area contributed by atoms with Crippen LogP contribution in [0.4, 0.5) is 5.69 Å².